The molecule has 184 valence electrons. The summed E-state index contributed by atoms with van der Waals surface area (Å²) in [5.74, 6) is 1.08. The van der Waals surface area contributed by atoms with Crippen LogP contribution in [-0.2, 0) is 19.4 Å². The summed E-state index contributed by atoms with van der Waals surface area (Å²) in [4.78, 5) is 11.1. The molecule has 1 aromatic heterocycles. The average molecular weight is 482 g/mol. The Morgan fingerprint density at radius 2 is 2.03 bits per heavy atom. The molecule has 0 bridgehead atoms. The number of nitrogens with one attached hydrogen (secondary N) is 1. The smallest absolute Gasteiger partial charge is 0.367 e. The zero-order valence-corrected chi connectivity index (χ0v) is 20.0. The van der Waals surface area contributed by atoms with E-state index in [0.29, 0.717) is 17.2 Å². The maximum Gasteiger partial charge on any atom is 0.389 e. The van der Waals surface area contributed by atoms with Crippen LogP contribution in [0.2, 0.25) is 0 Å². The van der Waals surface area contributed by atoms with E-state index in [1.54, 1.807) is 12.3 Å². The summed E-state index contributed by atoms with van der Waals surface area (Å²) in [5.41, 5.74) is 6.46. The highest BCUT2D eigenvalue weighted by Crippen LogP contribution is 2.31. The zero-order valence-electron chi connectivity index (χ0n) is 20.0. The minimum atomic E-state index is -4.16. The first-order valence-electron chi connectivity index (χ1n) is 12.0. The number of allylic oxidation sites excluding steroid dienone is 1. The van der Waals surface area contributed by atoms with E-state index >= 15 is 0 Å². The normalized spacial score (nSPS) is 16.5. The van der Waals surface area contributed by atoms with Crippen molar-refractivity contribution < 1.29 is 13.2 Å². The van der Waals surface area contributed by atoms with Gasteiger partial charge in [0.15, 0.2) is 5.82 Å². The monoisotopic (exact) mass is 481 g/mol. The van der Waals surface area contributed by atoms with E-state index in [-0.39, 0.29) is 18.9 Å². The van der Waals surface area contributed by atoms with E-state index in [2.05, 4.69) is 51.9 Å². The molecular weight excluding hydrogens is 451 g/mol. The number of piperidine rings is 1. The molecule has 4 rings (SSSR count). The number of rotatable bonds is 8. The van der Waals surface area contributed by atoms with Gasteiger partial charge < -0.3 is 5.32 Å². The van der Waals surface area contributed by atoms with Gasteiger partial charge in [-0.3, -0.25) is 4.90 Å². The van der Waals surface area contributed by atoms with Crippen LogP contribution in [0.3, 0.4) is 0 Å². The van der Waals surface area contributed by atoms with Crippen molar-refractivity contribution in [1.29, 1.82) is 5.26 Å². The lowest BCUT2D eigenvalue weighted by Crippen LogP contribution is -2.39. The van der Waals surface area contributed by atoms with Crippen LogP contribution in [0.5, 0.6) is 0 Å². The van der Waals surface area contributed by atoms with E-state index in [1.807, 2.05) is 6.08 Å². The zero-order chi connectivity index (χ0) is 25.0. The summed E-state index contributed by atoms with van der Waals surface area (Å²) in [7, 11) is 0. The fraction of sp³-hybridized carbons (Fsp3) is 0.444. The van der Waals surface area contributed by atoms with Crippen molar-refractivity contribution >= 4 is 18.0 Å². The lowest BCUT2D eigenvalue weighted by atomic mass is 9.97. The van der Waals surface area contributed by atoms with Gasteiger partial charge in [-0.25, -0.2) is 9.97 Å². The Kier molecular flexibility index (Phi) is 7.56. The first-order chi connectivity index (χ1) is 16.8. The Labute approximate surface area is 204 Å². The van der Waals surface area contributed by atoms with E-state index < -0.39 is 12.6 Å². The molecule has 2 aromatic rings. The van der Waals surface area contributed by atoms with Gasteiger partial charge in [0.25, 0.3) is 0 Å². The number of hydrogen-bond donors (Lipinski definition) is 1. The van der Waals surface area contributed by atoms with Gasteiger partial charge in [0.05, 0.1) is 6.07 Å². The number of aromatic nitrogens is 2. The van der Waals surface area contributed by atoms with Crippen molar-refractivity contribution in [3.63, 3.8) is 0 Å². The maximum atomic E-state index is 12.6. The van der Waals surface area contributed by atoms with Crippen molar-refractivity contribution in [3.8, 4) is 6.07 Å². The van der Waals surface area contributed by atoms with Crippen LogP contribution in [0, 0.1) is 18.3 Å². The summed E-state index contributed by atoms with van der Waals surface area (Å²) in [6.07, 6.45) is 3.03. The molecular formula is C27H30F3N5. The Balaban J connectivity index is 1.36. The molecule has 1 N–H and O–H groups in total. The quantitative estimate of drug-likeness (QED) is 0.512. The van der Waals surface area contributed by atoms with Crippen molar-refractivity contribution in [2.75, 3.05) is 18.4 Å². The Morgan fingerprint density at radius 1 is 1.26 bits per heavy atom. The summed E-state index contributed by atoms with van der Waals surface area (Å²) in [6, 6.07) is 6.78. The van der Waals surface area contributed by atoms with E-state index in [9.17, 15) is 18.4 Å². The van der Waals surface area contributed by atoms with Gasteiger partial charge in [0, 0.05) is 55.9 Å². The molecule has 0 spiro atoms. The highest BCUT2D eigenvalue weighted by Gasteiger charge is 2.27. The third-order valence-electron chi connectivity index (χ3n) is 6.85. The van der Waals surface area contributed by atoms with Crippen LogP contribution in [-0.4, -0.2) is 40.2 Å². The van der Waals surface area contributed by atoms with Crippen molar-refractivity contribution in [2.45, 2.75) is 64.2 Å². The Hall–Kier alpha value is -3.18. The second-order valence-corrected chi connectivity index (χ2v) is 9.35. The SMILES string of the molecule is C=Cc1ncc(CCCC(F)(F)F)c(NC2CCN(Cc3ccc4c(c3C)C=C(C#N)C4)CC2)n1. The molecule has 0 saturated carbocycles. The van der Waals surface area contributed by atoms with Gasteiger partial charge >= 0.3 is 6.18 Å². The van der Waals surface area contributed by atoms with Gasteiger partial charge in [-0.15, -0.1) is 0 Å². The number of fused-ring (bicyclic) bond motifs is 1. The second-order valence-electron chi connectivity index (χ2n) is 9.35. The topological polar surface area (TPSA) is 64.8 Å². The third kappa shape index (κ3) is 6.29. The van der Waals surface area contributed by atoms with Crippen molar-refractivity contribution in [1.82, 2.24) is 14.9 Å². The number of likely N-dealkylation sites (tertiary alicyclic amines) is 1. The van der Waals surface area contributed by atoms with Crippen LogP contribution < -0.4 is 5.32 Å². The number of hydrogen-bond acceptors (Lipinski definition) is 5. The number of alkyl halides is 3. The number of anilines is 1. The lowest BCUT2D eigenvalue weighted by Gasteiger charge is -2.33. The molecule has 0 radical (unpaired) electrons. The largest absolute Gasteiger partial charge is 0.389 e. The van der Waals surface area contributed by atoms with Gasteiger partial charge in [-0.2, -0.15) is 18.4 Å². The predicted molar refractivity (Wildman–Crippen MR) is 132 cm³/mol. The minimum absolute atomic E-state index is 0.0125. The molecule has 0 amide bonds. The molecule has 1 fully saturated rings. The predicted octanol–water partition coefficient (Wildman–Crippen LogP) is 5.85. The molecule has 2 heterocycles. The summed E-state index contributed by atoms with van der Waals surface area (Å²) < 4.78 is 37.8. The number of aryl methyl sites for hydroxylation is 1. The molecule has 5 nitrogen and oxygen atoms in total. The van der Waals surface area contributed by atoms with Gasteiger partial charge in [-0.1, -0.05) is 18.7 Å². The maximum absolute atomic E-state index is 12.6. The summed E-state index contributed by atoms with van der Waals surface area (Å²) in [6.45, 7) is 8.52. The highest BCUT2D eigenvalue weighted by molar-refractivity contribution is 5.70. The van der Waals surface area contributed by atoms with Gasteiger partial charge in [0.2, 0.25) is 0 Å². The highest BCUT2D eigenvalue weighted by atomic mass is 19.4. The Morgan fingerprint density at radius 3 is 2.71 bits per heavy atom. The third-order valence-corrected chi connectivity index (χ3v) is 6.85. The second kappa shape index (κ2) is 10.6. The van der Waals surface area contributed by atoms with E-state index in [4.69, 9.17) is 0 Å². The first-order valence-corrected chi connectivity index (χ1v) is 12.0. The number of nitriles is 1. The minimum Gasteiger partial charge on any atom is -0.367 e. The lowest BCUT2D eigenvalue weighted by molar-refractivity contribution is -0.135. The molecule has 1 aliphatic carbocycles. The van der Waals surface area contributed by atoms with Gasteiger partial charge in [0.1, 0.15) is 5.82 Å². The average Bonchev–Trinajstić information content (AvgIpc) is 3.26. The van der Waals surface area contributed by atoms with Gasteiger partial charge in [-0.05, 0) is 67.0 Å². The van der Waals surface area contributed by atoms with E-state index in [1.165, 1.54) is 22.3 Å². The molecule has 0 atom stereocenters. The first kappa shape index (κ1) is 24.9. The van der Waals surface area contributed by atoms with Crippen molar-refractivity contribution in [2.24, 2.45) is 0 Å². The molecule has 8 heteroatoms. The molecule has 1 aromatic carbocycles. The molecule has 2 aliphatic rings. The Bertz CT molecular complexity index is 1150. The van der Waals surface area contributed by atoms with Crippen LogP contribution >= 0.6 is 0 Å². The van der Waals surface area contributed by atoms with Crippen LogP contribution in [0.1, 0.15) is 59.3 Å². The molecule has 35 heavy (non-hydrogen) atoms. The molecule has 0 unspecified atom stereocenters. The number of benzene rings is 1. The van der Waals surface area contributed by atoms with Crippen LogP contribution in [0.25, 0.3) is 12.2 Å². The molecule has 1 aliphatic heterocycles. The number of halogens is 3. The number of nitrogens with zero attached hydrogens (tertiary/aromatic N) is 4. The van der Waals surface area contributed by atoms with Crippen LogP contribution in [0.4, 0.5) is 19.0 Å². The summed E-state index contributed by atoms with van der Waals surface area (Å²) in [5, 5.41) is 12.7. The molecule has 1 saturated heterocycles. The standard InChI is InChI=1S/C27H30F3N5/c1-3-25-32-16-21(5-4-10-27(28,29)30)26(34-25)33-23-8-11-35(12-9-23)17-22-7-6-20-13-19(15-31)14-24(20)18(22)2/h3,6-7,14,16,23H,1,4-5,8-13,17H2,2H3,(H,32,33,34). The van der Waals surface area contributed by atoms with Crippen LogP contribution in [0.15, 0.2) is 30.5 Å². The van der Waals surface area contributed by atoms with E-state index in [0.717, 1.165) is 44.5 Å². The van der Waals surface area contributed by atoms with Crippen molar-refractivity contribution in [3.05, 3.63) is 64.1 Å². The fourth-order valence-electron chi connectivity index (χ4n) is 4.83. The summed E-state index contributed by atoms with van der Waals surface area (Å²) >= 11 is 0. The fourth-order valence-corrected chi connectivity index (χ4v) is 4.83.